The van der Waals surface area contributed by atoms with Gasteiger partial charge in [0, 0.05) is 6.04 Å². The summed E-state index contributed by atoms with van der Waals surface area (Å²) in [7, 11) is 0. The number of hydrogen-bond acceptors (Lipinski definition) is 4. The summed E-state index contributed by atoms with van der Waals surface area (Å²) < 4.78 is 4.78. The maximum Gasteiger partial charge on any atom is 0.313 e. The molecular formula is C10H17NO4. The zero-order valence-electron chi connectivity index (χ0n) is 8.81. The Morgan fingerprint density at radius 2 is 2.13 bits per heavy atom. The van der Waals surface area contributed by atoms with E-state index in [-0.39, 0.29) is 6.04 Å². The Labute approximate surface area is 88.6 Å². The molecule has 0 heterocycles. The van der Waals surface area contributed by atoms with Crippen molar-refractivity contribution in [3.63, 3.8) is 0 Å². The van der Waals surface area contributed by atoms with Crippen molar-refractivity contribution in [2.24, 2.45) is 11.1 Å². The molecule has 0 aromatic carbocycles. The smallest absolute Gasteiger partial charge is 0.313 e. The van der Waals surface area contributed by atoms with Crippen LogP contribution in [0.25, 0.3) is 0 Å². The molecule has 0 aromatic rings. The first kappa shape index (κ1) is 12.0. The van der Waals surface area contributed by atoms with Crippen LogP contribution in [0.4, 0.5) is 0 Å². The maximum absolute atomic E-state index is 11.3. The van der Waals surface area contributed by atoms with Gasteiger partial charge in [-0.05, 0) is 32.6 Å². The van der Waals surface area contributed by atoms with Crippen molar-refractivity contribution in [3.05, 3.63) is 0 Å². The largest absolute Gasteiger partial charge is 0.481 e. The zero-order valence-corrected chi connectivity index (χ0v) is 8.81. The minimum absolute atomic E-state index is 0.0703. The number of aliphatic carboxylic acids is 1. The first-order valence-corrected chi connectivity index (χ1v) is 5.11. The Kier molecular flexibility index (Phi) is 3.68. The molecule has 15 heavy (non-hydrogen) atoms. The molecule has 1 unspecified atom stereocenters. The second-order valence-corrected chi connectivity index (χ2v) is 4.17. The third-order valence-corrected chi connectivity index (χ3v) is 3.39. The van der Waals surface area contributed by atoms with Gasteiger partial charge in [0.15, 0.2) is 0 Å². The molecule has 86 valence electrons. The summed E-state index contributed by atoms with van der Waals surface area (Å²) in [4.78, 5) is 21.5. The molecule has 1 aliphatic rings. The van der Waals surface area contributed by atoms with E-state index in [1.807, 2.05) is 0 Å². The zero-order chi connectivity index (χ0) is 11.5. The third kappa shape index (κ3) is 2.28. The van der Waals surface area contributed by atoms with Gasteiger partial charge in [-0.25, -0.2) is 0 Å². The summed E-state index contributed by atoms with van der Waals surface area (Å²) >= 11 is 0. The van der Waals surface area contributed by atoms with E-state index >= 15 is 0 Å². The predicted molar refractivity (Wildman–Crippen MR) is 53.1 cm³/mol. The summed E-state index contributed by atoms with van der Waals surface area (Å²) in [6, 6.07) is 0.0703. The van der Waals surface area contributed by atoms with Crippen molar-refractivity contribution in [3.8, 4) is 0 Å². The van der Waals surface area contributed by atoms with Gasteiger partial charge in [0.05, 0.1) is 0 Å². The van der Waals surface area contributed by atoms with Crippen molar-refractivity contribution in [2.45, 2.75) is 44.8 Å². The van der Waals surface area contributed by atoms with Crippen LogP contribution in [-0.2, 0) is 14.3 Å². The van der Waals surface area contributed by atoms with Crippen LogP contribution in [0.15, 0.2) is 0 Å². The molecule has 1 aliphatic carbocycles. The van der Waals surface area contributed by atoms with Crippen molar-refractivity contribution < 1.29 is 19.4 Å². The Morgan fingerprint density at radius 3 is 2.53 bits per heavy atom. The summed E-state index contributed by atoms with van der Waals surface area (Å²) in [5, 5.41) is 9.24. The molecule has 0 amide bonds. The van der Waals surface area contributed by atoms with E-state index in [0.29, 0.717) is 32.2 Å². The normalized spacial score (nSPS) is 33.1. The predicted octanol–water partition coefficient (Wildman–Crippen LogP) is 0.520. The highest BCUT2D eigenvalue weighted by atomic mass is 16.5. The third-order valence-electron chi connectivity index (χ3n) is 3.39. The second kappa shape index (κ2) is 4.61. The van der Waals surface area contributed by atoms with Crippen molar-refractivity contribution in [1.82, 2.24) is 0 Å². The fourth-order valence-corrected chi connectivity index (χ4v) is 2.16. The Hall–Kier alpha value is -1.10. The van der Waals surface area contributed by atoms with Gasteiger partial charge in [0.1, 0.15) is 11.5 Å². The van der Waals surface area contributed by atoms with Gasteiger partial charge >= 0.3 is 5.97 Å². The standard InChI is InChI=1S/C10H17NO4/c1-7(15-6-12)10(9(13)14)4-2-8(11)3-5-10/h6-8H,2-5,11H2,1H3,(H,13,14). The number of carboxylic acid groups (broad SMARTS) is 1. The highest BCUT2D eigenvalue weighted by Gasteiger charge is 2.47. The highest BCUT2D eigenvalue weighted by Crippen LogP contribution is 2.40. The fourth-order valence-electron chi connectivity index (χ4n) is 2.16. The van der Waals surface area contributed by atoms with E-state index in [1.54, 1.807) is 6.92 Å². The molecule has 0 radical (unpaired) electrons. The average molecular weight is 215 g/mol. The molecule has 3 N–H and O–H groups in total. The molecule has 0 bridgehead atoms. The van der Waals surface area contributed by atoms with Crippen LogP contribution in [0, 0.1) is 5.41 Å². The quantitative estimate of drug-likeness (QED) is 0.667. The minimum atomic E-state index is -0.948. The Morgan fingerprint density at radius 1 is 1.60 bits per heavy atom. The van der Waals surface area contributed by atoms with Gasteiger partial charge in [-0.2, -0.15) is 0 Å². The molecule has 1 fully saturated rings. The highest BCUT2D eigenvalue weighted by molar-refractivity contribution is 5.75. The molecule has 0 aliphatic heterocycles. The molecule has 0 spiro atoms. The van der Waals surface area contributed by atoms with Crippen LogP contribution in [0.5, 0.6) is 0 Å². The molecule has 5 heteroatoms. The molecule has 1 saturated carbocycles. The van der Waals surface area contributed by atoms with E-state index in [4.69, 9.17) is 10.5 Å². The molecule has 1 rings (SSSR count). The van der Waals surface area contributed by atoms with Crippen molar-refractivity contribution >= 4 is 12.4 Å². The summed E-state index contributed by atoms with van der Waals surface area (Å²) in [6.07, 6.45) is 1.68. The molecular weight excluding hydrogens is 198 g/mol. The van der Waals surface area contributed by atoms with Gasteiger partial charge in [-0.1, -0.05) is 0 Å². The number of carbonyl (C=O) groups is 2. The fraction of sp³-hybridized carbons (Fsp3) is 0.800. The van der Waals surface area contributed by atoms with E-state index < -0.39 is 17.5 Å². The average Bonchev–Trinajstić information content (AvgIpc) is 2.19. The lowest BCUT2D eigenvalue weighted by Crippen LogP contribution is -2.47. The first-order chi connectivity index (χ1) is 7.03. The van der Waals surface area contributed by atoms with Crippen LogP contribution in [0.1, 0.15) is 32.6 Å². The molecule has 5 nitrogen and oxygen atoms in total. The SMILES string of the molecule is CC(OC=O)C1(C(=O)O)CCC(N)CC1. The van der Waals surface area contributed by atoms with E-state index in [1.165, 1.54) is 0 Å². The van der Waals surface area contributed by atoms with Crippen LogP contribution in [0.2, 0.25) is 0 Å². The molecule has 1 atom stereocenters. The van der Waals surface area contributed by atoms with Crippen molar-refractivity contribution in [1.29, 1.82) is 0 Å². The maximum atomic E-state index is 11.3. The lowest BCUT2D eigenvalue weighted by atomic mass is 9.69. The second-order valence-electron chi connectivity index (χ2n) is 4.17. The number of rotatable bonds is 4. The first-order valence-electron chi connectivity index (χ1n) is 5.11. The van der Waals surface area contributed by atoms with Crippen LogP contribution in [0.3, 0.4) is 0 Å². The lowest BCUT2D eigenvalue weighted by Gasteiger charge is -2.38. The van der Waals surface area contributed by atoms with Crippen LogP contribution in [-0.4, -0.2) is 29.7 Å². The molecule has 0 saturated heterocycles. The van der Waals surface area contributed by atoms with E-state index in [9.17, 15) is 14.7 Å². The number of carbonyl (C=O) groups excluding carboxylic acids is 1. The van der Waals surface area contributed by atoms with E-state index in [2.05, 4.69) is 0 Å². The van der Waals surface area contributed by atoms with Gasteiger partial charge in [-0.3, -0.25) is 9.59 Å². The summed E-state index contributed by atoms with van der Waals surface area (Å²) in [5.74, 6) is -0.899. The van der Waals surface area contributed by atoms with E-state index in [0.717, 1.165) is 0 Å². The molecule has 0 aromatic heterocycles. The van der Waals surface area contributed by atoms with Gasteiger partial charge in [0.2, 0.25) is 0 Å². The van der Waals surface area contributed by atoms with Crippen LogP contribution < -0.4 is 5.73 Å². The van der Waals surface area contributed by atoms with Crippen molar-refractivity contribution in [2.75, 3.05) is 0 Å². The number of nitrogens with two attached hydrogens (primary N) is 1. The summed E-state index contributed by atoms with van der Waals surface area (Å²) in [5.41, 5.74) is 4.78. The van der Waals surface area contributed by atoms with Crippen LogP contribution >= 0.6 is 0 Å². The summed E-state index contributed by atoms with van der Waals surface area (Å²) in [6.45, 7) is 1.93. The Bertz CT molecular complexity index is 246. The Balaban J connectivity index is 2.79. The minimum Gasteiger partial charge on any atom is -0.481 e. The lowest BCUT2D eigenvalue weighted by molar-refractivity contribution is -0.165. The van der Waals surface area contributed by atoms with Gasteiger partial charge in [0.25, 0.3) is 6.47 Å². The van der Waals surface area contributed by atoms with Gasteiger partial charge < -0.3 is 15.6 Å². The monoisotopic (exact) mass is 215 g/mol. The number of hydrogen-bond donors (Lipinski definition) is 2. The number of ether oxygens (including phenoxy) is 1. The topological polar surface area (TPSA) is 89.6 Å². The number of carboxylic acids is 1. The van der Waals surface area contributed by atoms with Gasteiger partial charge in [-0.15, -0.1) is 0 Å².